The van der Waals surface area contributed by atoms with Gasteiger partial charge in [-0.15, -0.1) is 5.10 Å². The van der Waals surface area contributed by atoms with Crippen molar-refractivity contribution in [3.05, 3.63) is 65.5 Å². The van der Waals surface area contributed by atoms with E-state index < -0.39 is 0 Å². The molecule has 0 fully saturated rings. The monoisotopic (exact) mass is 377 g/mol. The van der Waals surface area contributed by atoms with Crippen LogP contribution in [0.2, 0.25) is 0 Å². The van der Waals surface area contributed by atoms with E-state index in [1.807, 2.05) is 60.0 Å². The van der Waals surface area contributed by atoms with Crippen molar-refractivity contribution in [2.75, 3.05) is 14.1 Å². The van der Waals surface area contributed by atoms with Gasteiger partial charge >= 0.3 is 0 Å². The van der Waals surface area contributed by atoms with Crippen LogP contribution >= 0.6 is 11.8 Å². The highest BCUT2D eigenvalue weighted by Gasteiger charge is 2.13. The highest BCUT2D eigenvalue weighted by atomic mass is 32.2. The Hall–Kier alpha value is -2.93. The lowest BCUT2D eigenvalue weighted by Crippen LogP contribution is -2.21. The summed E-state index contributed by atoms with van der Waals surface area (Å²) in [6.07, 6.45) is 0. The van der Waals surface area contributed by atoms with E-state index in [0.717, 1.165) is 38.8 Å². The van der Waals surface area contributed by atoms with Crippen LogP contribution in [0.25, 0.3) is 16.6 Å². The zero-order valence-electron chi connectivity index (χ0n) is 15.4. The van der Waals surface area contributed by atoms with Crippen molar-refractivity contribution in [1.82, 2.24) is 24.5 Å². The van der Waals surface area contributed by atoms with Gasteiger partial charge in [0.2, 0.25) is 0 Å². The minimum absolute atomic E-state index is 0.00481. The Bertz CT molecular complexity index is 1130. The highest BCUT2D eigenvalue weighted by molar-refractivity contribution is 7.98. The van der Waals surface area contributed by atoms with Crippen molar-refractivity contribution >= 4 is 34.2 Å². The van der Waals surface area contributed by atoms with Crippen LogP contribution in [0.1, 0.15) is 21.7 Å². The second kappa shape index (κ2) is 7.00. The van der Waals surface area contributed by atoms with Crippen molar-refractivity contribution in [2.24, 2.45) is 0 Å². The number of benzene rings is 2. The maximum Gasteiger partial charge on any atom is 0.253 e. The summed E-state index contributed by atoms with van der Waals surface area (Å²) in [6, 6.07) is 15.7. The lowest BCUT2D eigenvalue weighted by molar-refractivity contribution is 0.0827. The first-order valence-corrected chi connectivity index (χ1v) is 9.57. The van der Waals surface area contributed by atoms with Crippen LogP contribution in [-0.2, 0) is 5.75 Å². The first-order valence-electron chi connectivity index (χ1n) is 8.58. The van der Waals surface area contributed by atoms with E-state index in [9.17, 15) is 4.79 Å². The predicted octanol–water partition coefficient (Wildman–Crippen LogP) is 3.58. The van der Waals surface area contributed by atoms with Crippen LogP contribution in [-0.4, -0.2) is 44.5 Å². The van der Waals surface area contributed by atoms with Crippen LogP contribution < -0.4 is 0 Å². The van der Waals surface area contributed by atoms with Crippen molar-refractivity contribution in [3.63, 3.8) is 0 Å². The lowest BCUT2D eigenvalue weighted by atomic mass is 10.1. The fourth-order valence-corrected chi connectivity index (χ4v) is 3.78. The van der Waals surface area contributed by atoms with Gasteiger partial charge in [0.15, 0.2) is 10.8 Å². The Balaban J connectivity index is 1.62. The van der Waals surface area contributed by atoms with Gasteiger partial charge in [0, 0.05) is 30.8 Å². The van der Waals surface area contributed by atoms with E-state index in [2.05, 4.69) is 10.1 Å². The third-order valence-electron chi connectivity index (χ3n) is 4.23. The van der Waals surface area contributed by atoms with Crippen LogP contribution in [0.5, 0.6) is 0 Å². The Morgan fingerprint density at radius 3 is 2.56 bits per heavy atom. The number of carbonyl (C=O) groups excluding carboxylic acids is 1. The van der Waals surface area contributed by atoms with Crippen molar-refractivity contribution in [2.45, 2.75) is 17.8 Å². The molecule has 136 valence electrons. The summed E-state index contributed by atoms with van der Waals surface area (Å²) in [4.78, 5) is 22.9. The maximum atomic E-state index is 12.0. The molecule has 0 aliphatic rings. The normalized spacial score (nSPS) is 11.2. The molecule has 0 aliphatic heterocycles. The van der Waals surface area contributed by atoms with Gasteiger partial charge in [0.1, 0.15) is 5.82 Å². The molecule has 4 rings (SSSR count). The Labute approximate surface area is 161 Å². The van der Waals surface area contributed by atoms with Gasteiger partial charge in [-0.1, -0.05) is 36.0 Å². The maximum absolute atomic E-state index is 12.0. The molecule has 0 saturated carbocycles. The zero-order valence-corrected chi connectivity index (χ0v) is 16.2. The van der Waals surface area contributed by atoms with Crippen molar-refractivity contribution in [3.8, 4) is 0 Å². The molecular weight excluding hydrogens is 358 g/mol. The van der Waals surface area contributed by atoms with Gasteiger partial charge < -0.3 is 4.90 Å². The van der Waals surface area contributed by atoms with Gasteiger partial charge in [-0.25, -0.2) is 9.97 Å². The number of hydrogen-bond acceptors (Lipinski definition) is 5. The molecule has 0 aliphatic carbocycles. The molecule has 0 radical (unpaired) electrons. The van der Waals surface area contributed by atoms with E-state index in [0.29, 0.717) is 5.56 Å². The summed E-state index contributed by atoms with van der Waals surface area (Å²) < 4.78 is 1.81. The topological polar surface area (TPSA) is 63.4 Å². The molecule has 27 heavy (non-hydrogen) atoms. The number of para-hydroxylation sites is 1. The Kier molecular flexibility index (Phi) is 4.53. The zero-order chi connectivity index (χ0) is 19.0. The number of carbonyl (C=O) groups is 1. The third kappa shape index (κ3) is 3.38. The van der Waals surface area contributed by atoms with Crippen molar-refractivity contribution in [1.29, 1.82) is 0 Å². The fraction of sp³-hybridized carbons (Fsp3) is 0.200. The van der Waals surface area contributed by atoms with Gasteiger partial charge in [-0.05, 0) is 36.8 Å². The van der Waals surface area contributed by atoms with Gasteiger partial charge in [-0.2, -0.15) is 4.52 Å². The number of hydrogen-bond donors (Lipinski definition) is 0. The van der Waals surface area contributed by atoms with Gasteiger partial charge in [0.25, 0.3) is 5.91 Å². The molecule has 0 spiro atoms. The van der Waals surface area contributed by atoms with E-state index in [-0.39, 0.29) is 5.91 Å². The molecule has 4 aromatic rings. The molecule has 1 amide bonds. The molecular formula is C20H19N5OS. The molecule has 0 N–H and O–H groups in total. The second-order valence-corrected chi connectivity index (χ2v) is 7.43. The number of aryl methyl sites for hydroxylation is 1. The number of aromatic nitrogens is 4. The van der Waals surface area contributed by atoms with Crippen LogP contribution in [0.4, 0.5) is 0 Å². The summed E-state index contributed by atoms with van der Waals surface area (Å²) in [5.41, 5.74) is 3.54. The Morgan fingerprint density at radius 2 is 1.81 bits per heavy atom. The number of fused-ring (bicyclic) bond motifs is 3. The average Bonchev–Trinajstić information content (AvgIpc) is 3.07. The molecule has 6 nitrogen and oxygen atoms in total. The smallest absolute Gasteiger partial charge is 0.253 e. The second-order valence-electron chi connectivity index (χ2n) is 6.49. The summed E-state index contributed by atoms with van der Waals surface area (Å²) in [6.45, 7) is 1.89. The highest BCUT2D eigenvalue weighted by Crippen LogP contribution is 2.26. The Morgan fingerprint density at radius 1 is 1.07 bits per heavy atom. The number of nitrogens with zero attached hydrogens (tertiary/aromatic N) is 5. The summed E-state index contributed by atoms with van der Waals surface area (Å²) >= 11 is 1.61. The van der Waals surface area contributed by atoms with E-state index in [4.69, 9.17) is 4.98 Å². The molecule has 0 unspecified atom stereocenters. The molecule has 2 heterocycles. The summed E-state index contributed by atoms with van der Waals surface area (Å²) in [7, 11) is 3.51. The molecule has 0 atom stereocenters. The van der Waals surface area contributed by atoms with E-state index >= 15 is 0 Å². The van der Waals surface area contributed by atoms with Crippen LogP contribution in [0, 0.1) is 6.92 Å². The molecule has 7 heteroatoms. The van der Waals surface area contributed by atoms with Gasteiger partial charge in [0.05, 0.1) is 5.52 Å². The summed E-state index contributed by atoms with van der Waals surface area (Å²) in [5, 5.41) is 6.30. The predicted molar refractivity (Wildman–Crippen MR) is 107 cm³/mol. The number of amides is 1. The average molecular weight is 377 g/mol. The van der Waals surface area contributed by atoms with Gasteiger partial charge in [-0.3, -0.25) is 4.79 Å². The first kappa shape index (κ1) is 17.5. The fourth-order valence-electron chi connectivity index (χ4n) is 2.88. The molecule has 2 aromatic heterocycles. The first-order chi connectivity index (χ1) is 13.0. The summed E-state index contributed by atoms with van der Waals surface area (Å²) in [5.74, 6) is 1.46. The minimum Gasteiger partial charge on any atom is -0.345 e. The number of thioether (sulfide) groups is 1. The standard InChI is InChI=1S/C20H19N5OS/c1-13-21-18-16-6-4-5-7-17(16)22-20(25(18)23-13)27-12-14-8-10-15(11-9-14)19(26)24(2)3/h4-11H,12H2,1-3H3. The quantitative estimate of drug-likeness (QED) is 0.402. The molecule has 0 saturated heterocycles. The SMILES string of the molecule is Cc1nc2c3ccccc3nc(SCc3ccc(C(=O)N(C)C)cc3)n2n1. The minimum atomic E-state index is 0.00481. The van der Waals surface area contributed by atoms with E-state index in [1.54, 1.807) is 30.8 Å². The van der Waals surface area contributed by atoms with E-state index in [1.165, 1.54) is 0 Å². The van der Waals surface area contributed by atoms with Crippen LogP contribution in [0.3, 0.4) is 0 Å². The van der Waals surface area contributed by atoms with Crippen LogP contribution in [0.15, 0.2) is 53.7 Å². The molecule has 0 bridgehead atoms. The van der Waals surface area contributed by atoms with Crippen molar-refractivity contribution < 1.29 is 4.79 Å². The number of rotatable bonds is 4. The molecule has 2 aromatic carbocycles. The lowest BCUT2D eigenvalue weighted by Gasteiger charge is -2.10. The largest absolute Gasteiger partial charge is 0.345 e. The third-order valence-corrected chi connectivity index (χ3v) is 5.23.